The fraction of sp³-hybridized carbons (Fsp3) is 0.483. The molecule has 3 N–H and O–H groups in total. The maximum atomic E-state index is 6.58. The molecule has 0 unspecified atom stereocenters. The van der Waals surface area contributed by atoms with Crippen LogP contribution in [0.5, 0.6) is 5.75 Å². The topological polar surface area (TPSA) is 87.2 Å². The monoisotopic (exact) mass is 535 g/mol. The minimum atomic E-state index is 0.389. The lowest BCUT2D eigenvalue weighted by Crippen LogP contribution is -2.42. The largest absolute Gasteiger partial charge is 0.487 e. The van der Waals surface area contributed by atoms with Crippen LogP contribution in [0.1, 0.15) is 56.9 Å². The first-order chi connectivity index (χ1) is 18.6. The van der Waals surface area contributed by atoms with Gasteiger partial charge in [0.2, 0.25) is 17.8 Å². The van der Waals surface area contributed by atoms with E-state index in [0.717, 1.165) is 50.0 Å². The molecule has 2 heterocycles. The standard InChI is InChI=1S/C29H38ClN7O/c1-37(24-15-17-31-18-16-24)29-35-27(32-22-11-7-2-3-8-12-22)34-28(36-29)33-23-13-14-26(25(30)19-23)38-20-21-9-5-4-6-10-21/h4-6,9-10,13-14,19,22,24,31H,2-3,7-8,11-12,15-18,20H2,1H3,(H2,32,33,34,35,36). The summed E-state index contributed by atoms with van der Waals surface area (Å²) >= 11 is 6.58. The first-order valence-electron chi connectivity index (χ1n) is 13.8. The SMILES string of the molecule is CN(c1nc(Nc2ccc(OCc3ccccc3)c(Cl)c2)nc(NC2CCCCCC2)n1)C1CCNCC1. The molecule has 8 nitrogen and oxygen atoms in total. The van der Waals surface area contributed by atoms with Crippen LogP contribution in [0.2, 0.25) is 5.02 Å². The summed E-state index contributed by atoms with van der Waals surface area (Å²) in [5.41, 5.74) is 1.89. The first-order valence-corrected chi connectivity index (χ1v) is 14.2. The molecule has 0 bridgehead atoms. The molecular formula is C29H38ClN7O. The third-order valence-corrected chi connectivity index (χ3v) is 7.70. The number of nitrogens with one attached hydrogen (secondary N) is 3. The van der Waals surface area contributed by atoms with Crippen LogP contribution < -0.4 is 25.6 Å². The van der Waals surface area contributed by atoms with E-state index in [1.165, 1.54) is 25.7 Å². The van der Waals surface area contributed by atoms with Crippen molar-refractivity contribution >= 4 is 35.1 Å². The number of piperidine rings is 1. The van der Waals surface area contributed by atoms with E-state index in [-0.39, 0.29) is 0 Å². The summed E-state index contributed by atoms with van der Waals surface area (Å²) in [5.74, 6) is 2.44. The number of anilines is 4. The molecule has 1 saturated carbocycles. The summed E-state index contributed by atoms with van der Waals surface area (Å²) in [6.07, 6.45) is 9.52. The third-order valence-electron chi connectivity index (χ3n) is 7.41. The van der Waals surface area contributed by atoms with Crippen LogP contribution in [0.25, 0.3) is 0 Å². The van der Waals surface area contributed by atoms with Crippen molar-refractivity contribution in [2.75, 3.05) is 35.7 Å². The lowest BCUT2D eigenvalue weighted by molar-refractivity contribution is 0.306. The molecule has 2 aromatic carbocycles. The lowest BCUT2D eigenvalue weighted by Gasteiger charge is -2.32. The zero-order valence-electron chi connectivity index (χ0n) is 22.1. The Hall–Kier alpha value is -3.10. The highest BCUT2D eigenvalue weighted by atomic mass is 35.5. The molecule has 1 saturated heterocycles. The molecule has 2 fully saturated rings. The second-order valence-corrected chi connectivity index (χ2v) is 10.7. The van der Waals surface area contributed by atoms with E-state index in [4.69, 9.17) is 31.3 Å². The average molecular weight is 536 g/mol. The van der Waals surface area contributed by atoms with Gasteiger partial charge in [0.1, 0.15) is 12.4 Å². The van der Waals surface area contributed by atoms with Crippen molar-refractivity contribution in [3.05, 3.63) is 59.1 Å². The van der Waals surface area contributed by atoms with Crippen LogP contribution in [-0.4, -0.2) is 47.2 Å². The molecule has 1 aromatic heterocycles. The van der Waals surface area contributed by atoms with Crippen LogP contribution in [-0.2, 0) is 6.61 Å². The minimum Gasteiger partial charge on any atom is -0.487 e. The van der Waals surface area contributed by atoms with E-state index in [1.54, 1.807) is 0 Å². The Balaban J connectivity index is 1.33. The summed E-state index contributed by atoms with van der Waals surface area (Å²) in [4.78, 5) is 16.6. The van der Waals surface area contributed by atoms with Gasteiger partial charge in [-0.1, -0.05) is 67.6 Å². The van der Waals surface area contributed by atoms with E-state index in [2.05, 4.69) is 27.9 Å². The Morgan fingerprint density at radius 3 is 2.39 bits per heavy atom. The Bertz CT molecular complexity index is 1160. The molecule has 1 aliphatic carbocycles. The molecule has 202 valence electrons. The van der Waals surface area contributed by atoms with Crippen LogP contribution in [0.3, 0.4) is 0 Å². The number of hydrogen-bond donors (Lipinski definition) is 3. The molecule has 0 amide bonds. The second-order valence-electron chi connectivity index (χ2n) is 10.3. The minimum absolute atomic E-state index is 0.389. The summed E-state index contributed by atoms with van der Waals surface area (Å²) in [6.45, 7) is 2.48. The Labute approximate surface area is 230 Å². The summed E-state index contributed by atoms with van der Waals surface area (Å²) in [5, 5.41) is 10.9. The van der Waals surface area contributed by atoms with Crippen LogP contribution in [0.15, 0.2) is 48.5 Å². The average Bonchev–Trinajstić information content (AvgIpc) is 3.22. The summed E-state index contributed by atoms with van der Waals surface area (Å²) < 4.78 is 5.94. The molecule has 38 heavy (non-hydrogen) atoms. The van der Waals surface area contributed by atoms with E-state index in [9.17, 15) is 0 Å². The predicted molar refractivity (Wildman–Crippen MR) is 155 cm³/mol. The van der Waals surface area contributed by atoms with Gasteiger partial charge in [0.05, 0.1) is 5.02 Å². The van der Waals surface area contributed by atoms with Crippen molar-refractivity contribution in [1.82, 2.24) is 20.3 Å². The molecule has 1 aliphatic heterocycles. The van der Waals surface area contributed by atoms with E-state index in [1.807, 2.05) is 48.5 Å². The summed E-state index contributed by atoms with van der Waals surface area (Å²) in [6, 6.07) is 16.5. The van der Waals surface area contributed by atoms with Crippen molar-refractivity contribution in [3.63, 3.8) is 0 Å². The van der Waals surface area contributed by atoms with Gasteiger partial charge in [-0.2, -0.15) is 15.0 Å². The van der Waals surface area contributed by atoms with Crippen molar-refractivity contribution in [1.29, 1.82) is 0 Å². The van der Waals surface area contributed by atoms with Crippen molar-refractivity contribution < 1.29 is 4.74 Å². The Morgan fingerprint density at radius 1 is 0.921 bits per heavy atom. The maximum Gasteiger partial charge on any atom is 0.233 e. The van der Waals surface area contributed by atoms with Crippen LogP contribution in [0.4, 0.5) is 23.5 Å². The molecule has 0 radical (unpaired) electrons. The Kier molecular flexibility index (Phi) is 9.15. The van der Waals surface area contributed by atoms with Gasteiger partial charge in [0.25, 0.3) is 0 Å². The zero-order valence-corrected chi connectivity index (χ0v) is 22.9. The molecule has 5 rings (SSSR count). The smallest absolute Gasteiger partial charge is 0.233 e. The van der Waals surface area contributed by atoms with Crippen LogP contribution in [0, 0.1) is 0 Å². The number of nitrogens with zero attached hydrogens (tertiary/aromatic N) is 4. The van der Waals surface area contributed by atoms with Crippen molar-refractivity contribution in [3.8, 4) is 5.75 Å². The fourth-order valence-corrected chi connectivity index (χ4v) is 5.40. The van der Waals surface area contributed by atoms with E-state index < -0.39 is 0 Å². The van der Waals surface area contributed by atoms with Gasteiger partial charge in [-0.3, -0.25) is 0 Å². The number of aromatic nitrogens is 3. The number of ether oxygens (including phenoxy) is 1. The van der Waals surface area contributed by atoms with Crippen molar-refractivity contribution in [2.24, 2.45) is 0 Å². The van der Waals surface area contributed by atoms with Gasteiger partial charge < -0.3 is 25.6 Å². The highest BCUT2D eigenvalue weighted by Gasteiger charge is 2.22. The first kappa shape index (κ1) is 26.5. The lowest BCUT2D eigenvalue weighted by atomic mass is 10.1. The molecule has 9 heteroatoms. The number of rotatable bonds is 9. The highest BCUT2D eigenvalue weighted by Crippen LogP contribution is 2.30. The molecular weight excluding hydrogens is 498 g/mol. The van der Waals surface area contributed by atoms with Crippen molar-refractivity contribution in [2.45, 2.75) is 70.1 Å². The number of halogens is 1. The number of benzene rings is 2. The van der Waals surface area contributed by atoms with Crippen LogP contribution >= 0.6 is 11.6 Å². The second kappa shape index (κ2) is 13.1. The molecule has 0 spiro atoms. The van der Waals surface area contributed by atoms with Gasteiger partial charge in [-0.05, 0) is 62.5 Å². The van der Waals surface area contributed by atoms with E-state index >= 15 is 0 Å². The highest BCUT2D eigenvalue weighted by molar-refractivity contribution is 6.32. The van der Waals surface area contributed by atoms with Gasteiger partial charge in [0.15, 0.2) is 0 Å². The molecule has 2 aliphatic rings. The van der Waals surface area contributed by atoms with Gasteiger partial charge in [-0.25, -0.2) is 0 Å². The third kappa shape index (κ3) is 7.26. The quantitative estimate of drug-likeness (QED) is 0.280. The molecule has 3 aromatic rings. The van der Waals surface area contributed by atoms with E-state index in [0.29, 0.717) is 47.3 Å². The normalized spacial score (nSPS) is 17.0. The molecule has 0 atom stereocenters. The Morgan fingerprint density at radius 2 is 1.66 bits per heavy atom. The zero-order chi connectivity index (χ0) is 26.2. The van der Waals surface area contributed by atoms with Gasteiger partial charge in [-0.15, -0.1) is 0 Å². The maximum absolute atomic E-state index is 6.58. The van der Waals surface area contributed by atoms with Gasteiger partial charge in [0, 0.05) is 24.8 Å². The van der Waals surface area contributed by atoms with Gasteiger partial charge >= 0.3 is 0 Å². The predicted octanol–water partition coefficient (Wildman–Crippen LogP) is 6.17. The fourth-order valence-electron chi connectivity index (χ4n) is 5.17. The summed E-state index contributed by atoms with van der Waals surface area (Å²) in [7, 11) is 2.08. The number of hydrogen-bond acceptors (Lipinski definition) is 8.